The van der Waals surface area contributed by atoms with E-state index in [9.17, 15) is 26.4 Å². The molecule has 1 saturated carbocycles. The van der Waals surface area contributed by atoms with E-state index in [2.05, 4.69) is 0 Å². The predicted molar refractivity (Wildman–Crippen MR) is 71.4 cm³/mol. The van der Waals surface area contributed by atoms with Crippen molar-refractivity contribution < 1.29 is 26.4 Å². The van der Waals surface area contributed by atoms with Gasteiger partial charge in [-0.15, -0.1) is 4.83 Å². The van der Waals surface area contributed by atoms with Crippen LogP contribution in [0.15, 0.2) is 17.0 Å². The van der Waals surface area contributed by atoms with Crippen molar-refractivity contribution >= 4 is 15.9 Å². The second kappa shape index (κ2) is 6.66. The lowest BCUT2D eigenvalue weighted by molar-refractivity contribution is -0.126. The van der Waals surface area contributed by atoms with Crippen LogP contribution < -0.4 is 10.3 Å². The van der Waals surface area contributed by atoms with E-state index >= 15 is 0 Å². The molecule has 9 heteroatoms. The molecule has 1 fully saturated rings. The van der Waals surface area contributed by atoms with Crippen molar-refractivity contribution in [3.8, 4) is 0 Å². The predicted octanol–water partition coefficient (Wildman–Crippen LogP) is 1.99. The van der Waals surface area contributed by atoms with Gasteiger partial charge in [-0.3, -0.25) is 10.2 Å². The number of hydrazine groups is 1. The van der Waals surface area contributed by atoms with Crippen molar-refractivity contribution in [2.45, 2.75) is 37.0 Å². The van der Waals surface area contributed by atoms with E-state index < -0.39 is 38.3 Å². The summed E-state index contributed by atoms with van der Waals surface area (Å²) in [6.45, 7) is 0. The highest BCUT2D eigenvalue weighted by Gasteiger charge is 2.26. The van der Waals surface area contributed by atoms with Gasteiger partial charge in [0.1, 0.15) is 4.90 Å². The van der Waals surface area contributed by atoms with Crippen LogP contribution in [0.1, 0.15) is 32.1 Å². The van der Waals surface area contributed by atoms with Crippen LogP contribution in [0.4, 0.5) is 13.2 Å². The molecule has 1 aliphatic rings. The van der Waals surface area contributed by atoms with Crippen molar-refractivity contribution in [2.75, 3.05) is 0 Å². The average Bonchev–Trinajstić information content (AvgIpc) is 2.51. The summed E-state index contributed by atoms with van der Waals surface area (Å²) in [4.78, 5) is 12.4. The van der Waals surface area contributed by atoms with Gasteiger partial charge in [0.2, 0.25) is 5.91 Å². The average molecular weight is 336 g/mol. The maximum atomic E-state index is 13.5. The molecule has 122 valence electrons. The third-order valence-electron chi connectivity index (χ3n) is 3.57. The number of sulfonamides is 1. The van der Waals surface area contributed by atoms with E-state index in [0.29, 0.717) is 25.0 Å². The van der Waals surface area contributed by atoms with E-state index in [0.717, 1.165) is 19.3 Å². The van der Waals surface area contributed by atoms with Crippen LogP contribution in [0.25, 0.3) is 0 Å². The first-order valence-electron chi connectivity index (χ1n) is 6.78. The zero-order valence-electron chi connectivity index (χ0n) is 11.5. The summed E-state index contributed by atoms with van der Waals surface area (Å²) < 4.78 is 63.1. The highest BCUT2D eigenvalue weighted by molar-refractivity contribution is 7.89. The van der Waals surface area contributed by atoms with Crippen LogP contribution in [-0.2, 0) is 14.8 Å². The summed E-state index contributed by atoms with van der Waals surface area (Å²) in [7, 11) is -4.53. The molecular weight excluding hydrogens is 321 g/mol. The highest BCUT2D eigenvalue weighted by Crippen LogP contribution is 2.23. The van der Waals surface area contributed by atoms with Gasteiger partial charge in [0.15, 0.2) is 17.5 Å². The van der Waals surface area contributed by atoms with E-state index in [1.54, 1.807) is 4.83 Å². The molecule has 0 unspecified atom stereocenters. The number of carbonyl (C=O) groups is 1. The normalized spacial score (nSPS) is 16.5. The van der Waals surface area contributed by atoms with Gasteiger partial charge in [-0.05, 0) is 25.0 Å². The number of hydrogen-bond acceptors (Lipinski definition) is 3. The standard InChI is InChI=1S/C13H15F3N2O3S/c14-9-6-7-10(12(16)11(9)15)22(20,21)18-17-13(19)8-4-2-1-3-5-8/h6-8,18H,1-5H2,(H,17,19). The summed E-state index contributed by atoms with van der Waals surface area (Å²) in [6.07, 6.45) is 4.07. The zero-order valence-corrected chi connectivity index (χ0v) is 12.4. The Kier molecular flexibility index (Phi) is 5.07. The lowest BCUT2D eigenvalue weighted by Crippen LogP contribution is -2.45. The maximum Gasteiger partial charge on any atom is 0.260 e. The van der Waals surface area contributed by atoms with Crippen molar-refractivity contribution in [1.29, 1.82) is 0 Å². The number of benzene rings is 1. The molecular formula is C13H15F3N2O3S. The SMILES string of the molecule is O=C(NNS(=O)(=O)c1ccc(F)c(F)c1F)C1CCCCC1. The Morgan fingerprint density at radius 2 is 1.68 bits per heavy atom. The fourth-order valence-corrected chi connectivity index (χ4v) is 3.27. The van der Waals surface area contributed by atoms with E-state index in [4.69, 9.17) is 0 Å². The molecule has 1 aromatic carbocycles. The van der Waals surface area contributed by atoms with Crippen LogP contribution in [0.2, 0.25) is 0 Å². The molecule has 0 radical (unpaired) electrons. The largest absolute Gasteiger partial charge is 0.277 e. The minimum absolute atomic E-state index is 0.314. The molecule has 1 aliphatic carbocycles. The monoisotopic (exact) mass is 336 g/mol. The minimum atomic E-state index is -4.53. The molecule has 0 heterocycles. The molecule has 2 N–H and O–H groups in total. The van der Waals surface area contributed by atoms with E-state index in [-0.39, 0.29) is 5.92 Å². The minimum Gasteiger partial charge on any atom is -0.277 e. The molecule has 0 spiro atoms. The number of nitrogens with one attached hydrogen (secondary N) is 2. The first kappa shape index (κ1) is 16.8. The van der Waals surface area contributed by atoms with Gasteiger partial charge >= 0.3 is 0 Å². The number of halogens is 3. The first-order chi connectivity index (χ1) is 10.3. The quantitative estimate of drug-likeness (QED) is 0.652. The second-order valence-corrected chi connectivity index (χ2v) is 6.75. The third-order valence-corrected chi connectivity index (χ3v) is 4.84. The summed E-state index contributed by atoms with van der Waals surface area (Å²) in [5.41, 5.74) is 1.99. The van der Waals surface area contributed by atoms with Crippen LogP contribution in [0, 0.1) is 23.4 Å². The number of carbonyl (C=O) groups excluding carboxylic acids is 1. The number of hydrogen-bond donors (Lipinski definition) is 2. The smallest absolute Gasteiger partial charge is 0.260 e. The van der Waals surface area contributed by atoms with Crippen LogP contribution in [-0.4, -0.2) is 14.3 Å². The summed E-state index contributed by atoms with van der Waals surface area (Å²) in [6, 6.07) is 1.08. The molecule has 1 aromatic rings. The molecule has 5 nitrogen and oxygen atoms in total. The highest BCUT2D eigenvalue weighted by atomic mass is 32.2. The van der Waals surface area contributed by atoms with Crippen LogP contribution in [0.5, 0.6) is 0 Å². The Hall–Kier alpha value is -1.61. The topological polar surface area (TPSA) is 75.3 Å². The first-order valence-corrected chi connectivity index (χ1v) is 8.26. The molecule has 22 heavy (non-hydrogen) atoms. The second-order valence-electron chi connectivity index (χ2n) is 5.10. The Labute approximate surface area is 125 Å². The van der Waals surface area contributed by atoms with Gasteiger partial charge in [0, 0.05) is 5.92 Å². The van der Waals surface area contributed by atoms with Gasteiger partial charge in [-0.2, -0.15) is 0 Å². The van der Waals surface area contributed by atoms with Crippen molar-refractivity contribution in [2.24, 2.45) is 5.92 Å². The van der Waals surface area contributed by atoms with Gasteiger partial charge in [-0.25, -0.2) is 21.6 Å². The molecule has 1 amide bonds. The Morgan fingerprint density at radius 1 is 1.05 bits per heavy atom. The third kappa shape index (κ3) is 3.58. The van der Waals surface area contributed by atoms with Gasteiger partial charge in [0.05, 0.1) is 0 Å². The molecule has 0 aromatic heterocycles. The molecule has 0 saturated heterocycles. The molecule has 0 atom stereocenters. The Morgan fingerprint density at radius 3 is 2.32 bits per heavy atom. The molecule has 0 bridgehead atoms. The fourth-order valence-electron chi connectivity index (χ4n) is 2.36. The lowest BCUT2D eigenvalue weighted by Gasteiger charge is -2.20. The van der Waals surface area contributed by atoms with Crippen LogP contribution >= 0.6 is 0 Å². The van der Waals surface area contributed by atoms with E-state index in [1.807, 2.05) is 5.43 Å². The van der Waals surface area contributed by atoms with Crippen molar-refractivity contribution in [3.05, 3.63) is 29.6 Å². The van der Waals surface area contributed by atoms with Crippen LogP contribution in [0.3, 0.4) is 0 Å². The van der Waals surface area contributed by atoms with Gasteiger partial charge in [0.25, 0.3) is 10.0 Å². The fraction of sp³-hybridized carbons (Fsp3) is 0.462. The van der Waals surface area contributed by atoms with E-state index in [1.165, 1.54) is 0 Å². The summed E-state index contributed by atoms with van der Waals surface area (Å²) >= 11 is 0. The molecule has 0 aliphatic heterocycles. The summed E-state index contributed by atoms with van der Waals surface area (Å²) in [5.74, 6) is -6.05. The Balaban J connectivity index is 2.08. The van der Waals surface area contributed by atoms with Crippen molar-refractivity contribution in [3.63, 3.8) is 0 Å². The maximum absolute atomic E-state index is 13.5. The Bertz CT molecular complexity index is 673. The van der Waals surface area contributed by atoms with Gasteiger partial charge in [-0.1, -0.05) is 19.3 Å². The van der Waals surface area contributed by atoms with Crippen molar-refractivity contribution in [1.82, 2.24) is 10.3 Å². The number of rotatable bonds is 4. The summed E-state index contributed by atoms with van der Waals surface area (Å²) in [5, 5.41) is 0. The zero-order chi connectivity index (χ0) is 16.3. The number of amides is 1. The van der Waals surface area contributed by atoms with Gasteiger partial charge < -0.3 is 0 Å². The molecule has 2 rings (SSSR count). The lowest BCUT2D eigenvalue weighted by atomic mass is 9.89.